The number of aliphatic carboxylic acids is 1. The first-order valence-electron chi connectivity index (χ1n) is 6.17. The Morgan fingerprint density at radius 2 is 1.82 bits per heavy atom. The van der Waals surface area contributed by atoms with E-state index >= 15 is 0 Å². The Morgan fingerprint density at radius 1 is 1.14 bits per heavy atom. The average Bonchev–Trinajstić information content (AvgIpc) is 2.46. The maximum Gasteiger partial charge on any atom is 0.433 e. The zero-order valence-corrected chi connectivity index (χ0v) is 11.1. The second kappa shape index (κ2) is 6.30. The van der Waals surface area contributed by atoms with Crippen LogP contribution in [0.25, 0.3) is 6.08 Å². The lowest BCUT2D eigenvalue weighted by Crippen LogP contribution is -2.10. The van der Waals surface area contributed by atoms with Gasteiger partial charge in [-0.25, -0.2) is 9.78 Å². The summed E-state index contributed by atoms with van der Waals surface area (Å²) >= 11 is 0. The highest BCUT2D eigenvalue weighted by Crippen LogP contribution is 2.30. The predicted octanol–water partition coefficient (Wildman–Crippen LogP) is 3.94. The van der Waals surface area contributed by atoms with Crippen molar-refractivity contribution in [3.8, 4) is 0 Å². The highest BCUT2D eigenvalue weighted by molar-refractivity contribution is 5.86. The van der Waals surface area contributed by atoms with Crippen LogP contribution in [-0.4, -0.2) is 16.1 Å². The van der Waals surface area contributed by atoms with E-state index in [2.05, 4.69) is 10.3 Å². The van der Waals surface area contributed by atoms with Crippen LogP contribution < -0.4 is 5.32 Å². The Kier molecular flexibility index (Phi) is 4.45. The second-order valence-corrected chi connectivity index (χ2v) is 4.29. The summed E-state index contributed by atoms with van der Waals surface area (Å²) < 4.78 is 38.3. The first-order chi connectivity index (χ1) is 10.4. The van der Waals surface area contributed by atoms with E-state index < -0.39 is 17.8 Å². The Labute approximate surface area is 123 Å². The quantitative estimate of drug-likeness (QED) is 0.840. The largest absolute Gasteiger partial charge is 0.478 e. The number of benzene rings is 1. The standard InChI is InChI=1S/C15H11F3N2O2/c16-15(17,18)12-8-6-10(7-9-13(21)22)14(20-12)19-11-4-2-1-3-5-11/h1-9H,(H,19,20)(H,21,22). The molecule has 0 unspecified atom stereocenters. The van der Waals surface area contributed by atoms with Crippen molar-refractivity contribution in [3.63, 3.8) is 0 Å². The first kappa shape index (κ1) is 15.6. The van der Waals surface area contributed by atoms with Gasteiger partial charge < -0.3 is 10.4 Å². The molecule has 4 nitrogen and oxygen atoms in total. The lowest BCUT2D eigenvalue weighted by Gasteiger charge is -2.12. The normalized spacial score (nSPS) is 11.6. The molecule has 0 aliphatic carbocycles. The van der Waals surface area contributed by atoms with E-state index in [1.807, 2.05) is 0 Å². The Bertz CT molecular complexity index is 698. The average molecular weight is 308 g/mol. The number of halogens is 3. The summed E-state index contributed by atoms with van der Waals surface area (Å²) in [5.41, 5.74) is -0.281. The molecule has 0 saturated carbocycles. The molecule has 0 aliphatic rings. The molecule has 0 bridgehead atoms. The summed E-state index contributed by atoms with van der Waals surface area (Å²) in [6.45, 7) is 0. The van der Waals surface area contributed by atoms with Gasteiger partial charge in [-0.05, 0) is 30.3 Å². The van der Waals surface area contributed by atoms with Crippen molar-refractivity contribution in [2.45, 2.75) is 6.18 Å². The van der Waals surface area contributed by atoms with Gasteiger partial charge in [-0.2, -0.15) is 13.2 Å². The molecule has 1 aromatic heterocycles. The van der Waals surface area contributed by atoms with Crippen LogP contribution in [0.1, 0.15) is 11.3 Å². The zero-order valence-electron chi connectivity index (χ0n) is 11.1. The molecule has 0 saturated heterocycles. The molecule has 22 heavy (non-hydrogen) atoms. The molecule has 7 heteroatoms. The van der Waals surface area contributed by atoms with Crippen LogP contribution >= 0.6 is 0 Å². The fourth-order valence-electron chi connectivity index (χ4n) is 1.68. The van der Waals surface area contributed by atoms with E-state index in [9.17, 15) is 18.0 Å². The maximum atomic E-state index is 12.8. The highest BCUT2D eigenvalue weighted by atomic mass is 19.4. The van der Waals surface area contributed by atoms with Crippen LogP contribution in [0.4, 0.5) is 24.7 Å². The number of anilines is 2. The smallest absolute Gasteiger partial charge is 0.433 e. The number of alkyl halides is 3. The lowest BCUT2D eigenvalue weighted by molar-refractivity contribution is -0.141. The van der Waals surface area contributed by atoms with Gasteiger partial charge in [0.1, 0.15) is 11.5 Å². The van der Waals surface area contributed by atoms with Gasteiger partial charge in [0.15, 0.2) is 0 Å². The number of carbonyl (C=O) groups is 1. The van der Waals surface area contributed by atoms with E-state index in [1.54, 1.807) is 30.3 Å². The van der Waals surface area contributed by atoms with Crippen LogP contribution in [-0.2, 0) is 11.0 Å². The molecule has 0 amide bonds. The second-order valence-electron chi connectivity index (χ2n) is 4.29. The Morgan fingerprint density at radius 3 is 2.41 bits per heavy atom. The summed E-state index contributed by atoms with van der Waals surface area (Å²) in [4.78, 5) is 14.1. The summed E-state index contributed by atoms with van der Waals surface area (Å²) in [5, 5.41) is 11.4. The minimum absolute atomic E-state index is 0.0708. The number of hydrogen-bond donors (Lipinski definition) is 2. The monoisotopic (exact) mass is 308 g/mol. The summed E-state index contributed by atoms with van der Waals surface area (Å²) in [6, 6.07) is 10.5. The van der Waals surface area contributed by atoms with Gasteiger partial charge in [0.25, 0.3) is 0 Å². The van der Waals surface area contributed by atoms with Crippen LogP contribution in [0.2, 0.25) is 0 Å². The topological polar surface area (TPSA) is 62.2 Å². The molecule has 0 aliphatic heterocycles. The van der Waals surface area contributed by atoms with E-state index in [-0.39, 0.29) is 11.4 Å². The highest BCUT2D eigenvalue weighted by Gasteiger charge is 2.32. The third-order valence-electron chi connectivity index (χ3n) is 2.66. The molecule has 0 atom stereocenters. The summed E-state index contributed by atoms with van der Waals surface area (Å²) in [6.07, 6.45) is -2.57. The summed E-state index contributed by atoms with van der Waals surface area (Å²) in [5.74, 6) is -1.27. The van der Waals surface area contributed by atoms with Gasteiger partial charge in [-0.1, -0.05) is 18.2 Å². The number of para-hydroxylation sites is 1. The number of carboxylic acid groups (broad SMARTS) is 1. The number of pyridine rings is 1. The lowest BCUT2D eigenvalue weighted by atomic mass is 10.2. The van der Waals surface area contributed by atoms with Crippen LogP contribution in [0.3, 0.4) is 0 Å². The summed E-state index contributed by atoms with van der Waals surface area (Å²) in [7, 11) is 0. The molecule has 0 spiro atoms. The van der Waals surface area contributed by atoms with E-state index in [0.29, 0.717) is 5.69 Å². The number of hydrogen-bond acceptors (Lipinski definition) is 3. The van der Waals surface area contributed by atoms with E-state index in [1.165, 1.54) is 12.1 Å². The fourth-order valence-corrected chi connectivity index (χ4v) is 1.68. The number of carboxylic acids is 1. The third-order valence-corrected chi connectivity index (χ3v) is 2.66. The molecular weight excluding hydrogens is 297 g/mol. The van der Waals surface area contributed by atoms with E-state index in [4.69, 9.17) is 5.11 Å². The molecule has 114 valence electrons. The number of rotatable bonds is 4. The number of nitrogens with zero attached hydrogens (tertiary/aromatic N) is 1. The Hall–Kier alpha value is -2.83. The van der Waals surface area contributed by atoms with Crippen molar-refractivity contribution >= 4 is 23.6 Å². The maximum absolute atomic E-state index is 12.8. The fraction of sp³-hybridized carbons (Fsp3) is 0.0667. The van der Waals surface area contributed by atoms with Crippen LogP contribution in [0.5, 0.6) is 0 Å². The molecular formula is C15H11F3N2O2. The van der Waals surface area contributed by atoms with E-state index in [0.717, 1.165) is 12.1 Å². The molecule has 1 heterocycles. The molecule has 0 fully saturated rings. The number of aromatic nitrogens is 1. The van der Waals surface area contributed by atoms with Crippen molar-refractivity contribution in [3.05, 3.63) is 59.8 Å². The molecule has 2 rings (SSSR count). The van der Waals surface area contributed by atoms with Crippen molar-refractivity contribution in [1.82, 2.24) is 4.98 Å². The predicted molar refractivity (Wildman–Crippen MR) is 75.6 cm³/mol. The van der Waals surface area contributed by atoms with Crippen molar-refractivity contribution < 1.29 is 23.1 Å². The van der Waals surface area contributed by atoms with Gasteiger partial charge in [0.05, 0.1) is 0 Å². The molecule has 0 radical (unpaired) electrons. The van der Waals surface area contributed by atoms with Gasteiger partial charge >= 0.3 is 12.1 Å². The molecule has 2 aromatic rings. The third kappa shape index (κ3) is 4.08. The minimum Gasteiger partial charge on any atom is -0.478 e. The van der Waals surface area contributed by atoms with Crippen LogP contribution in [0.15, 0.2) is 48.5 Å². The Balaban J connectivity index is 2.43. The zero-order chi connectivity index (χ0) is 16.2. The van der Waals surface area contributed by atoms with Gasteiger partial charge in [0.2, 0.25) is 0 Å². The molecule has 1 aromatic carbocycles. The number of nitrogens with one attached hydrogen (secondary N) is 1. The van der Waals surface area contributed by atoms with Gasteiger partial charge in [0, 0.05) is 17.3 Å². The van der Waals surface area contributed by atoms with Gasteiger partial charge in [-0.15, -0.1) is 0 Å². The van der Waals surface area contributed by atoms with Crippen molar-refractivity contribution in [1.29, 1.82) is 0 Å². The minimum atomic E-state index is -4.58. The first-order valence-corrected chi connectivity index (χ1v) is 6.17. The van der Waals surface area contributed by atoms with Gasteiger partial charge in [-0.3, -0.25) is 0 Å². The van der Waals surface area contributed by atoms with Crippen molar-refractivity contribution in [2.24, 2.45) is 0 Å². The van der Waals surface area contributed by atoms with Crippen molar-refractivity contribution in [2.75, 3.05) is 5.32 Å². The molecule has 2 N–H and O–H groups in total. The van der Waals surface area contributed by atoms with Crippen LogP contribution in [0, 0.1) is 0 Å². The SMILES string of the molecule is O=C(O)C=Cc1ccc(C(F)(F)F)nc1Nc1ccccc1.